The van der Waals surface area contributed by atoms with Crippen LogP contribution in [0, 0.1) is 10.6 Å². The molecule has 0 unspecified atom stereocenters. The van der Waals surface area contributed by atoms with Crippen LogP contribution in [0.2, 0.25) is 0 Å². The number of rotatable bonds is 3. The van der Waals surface area contributed by atoms with Crippen molar-refractivity contribution in [3.63, 3.8) is 0 Å². The first-order valence-corrected chi connectivity index (χ1v) is 9.52. The highest BCUT2D eigenvalue weighted by molar-refractivity contribution is 7.63. The lowest BCUT2D eigenvalue weighted by Crippen LogP contribution is -2.06. The Bertz CT molecular complexity index is 1100. The molecule has 2 heterocycles. The van der Waals surface area contributed by atoms with E-state index in [1.165, 1.54) is 12.1 Å². The average molecular weight is 372 g/mol. The lowest BCUT2D eigenvalue weighted by molar-refractivity contribution is 0.522. The molecule has 1 aliphatic rings. The van der Waals surface area contributed by atoms with Crippen LogP contribution in [-0.2, 0) is 10.3 Å². The van der Waals surface area contributed by atoms with E-state index >= 15 is 0 Å². The summed E-state index contributed by atoms with van der Waals surface area (Å²) in [4.78, 5) is 11.4. The van der Waals surface area contributed by atoms with Gasteiger partial charge in [0.25, 0.3) is 15.1 Å². The minimum absolute atomic E-state index is 0.133. The van der Waals surface area contributed by atoms with E-state index in [1.807, 2.05) is 0 Å². The van der Waals surface area contributed by atoms with Crippen molar-refractivity contribution in [3.8, 4) is 22.6 Å². The van der Waals surface area contributed by atoms with Crippen molar-refractivity contribution in [1.82, 2.24) is 19.5 Å². The van der Waals surface area contributed by atoms with Crippen LogP contribution < -0.4 is 0 Å². The molecule has 3 aromatic rings. The van der Waals surface area contributed by atoms with Gasteiger partial charge in [-0.05, 0) is 43.2 Å². The molecule has 0 amide bonds. The maximum Gasteiger partial charge on any atom is 0.258 e. The zero-order valence-electron chi connectivity index (χ0n) is 13.9. The number of halogens is 1. The molecule has 1 aromatic carbocycles. The van der Waals surface area contributed by atoms with Gasteiger partial charge in [-0.25, -0.2) is 14.4 Å². The van der Waals surface area contributed by atoms with E-state index in [4.69, 9.17) is 0 Å². The van der Waals surface area contributed by atoms with Gasteiger partial charge >= 0.3 is 0 Å². The van der Waals surface area contributed by atoms with E-state index in [0.29, 0.717) is 17.4 Å². The van der Waals surface area contributed by atoms with Crippen LogP contribution in [0.4, 0.5) is 4.39 Å². The van der Waals surface area contributed by atoms with Crippen LogP contribution in [0.3, 0.4) is 0 Å². The molecule has 2 aromatic heterocycles. The van der Waals surface area contributed by atoms with Crippen LogP contribution in [0.25, 0.3) is 22.6 Å². The van der Waals surface area contributed by atoms with Gasteiger partial charge in [-0.3, -0.25) is 0 Å². The first-order valence-electron chi connectivity index (χ1n) is 8.44. The average Bonchev–Trinajstić information content (AvgIpc) is 3.32. The van der Waals surface area contributed by atoms with Gasteiger partial charge < -0.3 is 9.55 Å². The van der Waals surface area contributed by atoms with Crippen molar-refractivity contribution < 1.29 is 12.8 Å². The number of aromatic amines is 1. The second-order valence-corrected chi connectivity index (χ2v) is 7.16. The van der Waals surface area contributed by atoms with Crippen LogP contribution in [-0.4, -0.2) is 27.9 Å². The van der Waals surface area contributed by atoms with Crippen LogP contribution in [0.5, 0.6) is 0 Å². The number of nitrogens with one attached hydrogen (secondary N) is 1. The summed E-state index contributed by atoms with van der Waals surface area (Å²) in [5.74, 6) is -0.318. The van der Waals surface area contributed by atoms with Gasteiger partial charge in [0, 0.05) is 17.8 Å². The number of nitrogens with zero attached hydrogens (tertiary/aromatic N) is 3. The third kappa shape index (κ3) is 3.08. The highest BCUT2D eigenvalue weighted by Gasteiger charge is 2.24. The molecule has 26 heavy (non-hydrogen) atoms. The molecule has 0 spiro atoms. The van der Waals surface area contributed by atoms with Crippen molar-refractivity contribution in [1.29, 1.82) is 0 Å². The number of aromatic nitrogens is 4. The molecule has 1 fully saturated rings. The summed E-state index contributed by atoms with van der Waals surface area (Å²) >= 11 is 0. The zero-order valence-corrected chi connectivity index (χ0v) is 14.7. The Morgan fingerprint density at radius 2 is 1.85 bits per heavy atom. The smallest absolute Gasteiger partial charge is 0.258 e. The minimum atomic E-state index is -2.46. The fourth-order valence-electron chi connectivity index (χ4n) is 3.48. The molecule has 1 saturated carbocycles. The summed E-state index contributed by atoms with van der Waals surface area (Å²) in [7, 11) is -2.46. The monoisotopic (exact) mass is 372 g/mol. The fourth-order valence-corrected chi connectivity index (χ4v) is 3.82. The summed E-state index contributed by atoms with van der Waals surface area (Å²) in [5.41, 5.74) is 2.70. The van der Waals surface area contributed by atoms with Gasteiger partial charge in [0.1, 0.15) is 5.82 Å². The molecule has 1 aliphatic carbocycles. The van der Waals surface area contributed by atoms with Gasteiger partial charge in [-0.1, -0.05) is 12.8 Å². The normalized spacial score (nSPS) is 14.7. The van der Waals surface area contributed by atoms with Crippen molar-refractivity contribution >= 4 is 10.3 Å². The molecule has 0 bridgehead atoms. The highest BCUT2D eigenvalue weighted by Crippen LogP contribution is 2.37. The zero-order chi connectivity index (χ0) is 18.1. The minimum Gasteiger partial charge on any atom is -0.334 e. The Morgan fingerprint density at radius 3 is 2.54 bits per heavy atom. The molecule has 0 atom stereocenters. The summed E-state index contributed by atoms with van der Waals surface area (Å²) < 4.78 is 37.8. The van der Waals surface area contributed by atoms with Crippen molar-refractivity contribution in [2.45, 2.75) is 31.7 Å². The van der Waals surface area contributed by atoms with Crippen LogP contribution in [0.15, 0.2) is 42.9 Å². The fraction of sp³-hybridized carbons (Fsp3) is 0.278. The first kappa shape index (κ1) is 16.7. The van der Waals surface area contributed by atoms with Gasteiger partial charge in [0.15, 0.2) is 0 Å². The standard InChI is InChI=1S/C18H17FN4O2S/c19-13-7-5-12(6-8-13)16-17(15-9-10-20-18(22-15)26(24)25)23(11-21-16)14-3-1-2-4-14/h5-11,14,20H,1-4H2. The number of hydrogen-bond acceptors (Lipinski definition) is 4. The summed E-state index contributed by atoms with van der Waals surface area (Å²) in [6.07, 6.45) is 7.72. The quantitative estimate of drug-likeness (QED) is 0.712. The van der Waals surface area contributed by atoms with E-state index in [9.17, 15) is 12.8 Å². The number of hydrogen-bond donors (Lipinski definition) is 1. The molecule has 0 radical (unpaired) electrons. The lowest BCUT2D eigenvalue weighted by Gasteiger charge is -2.16. The molecule has 0 aliphatic heterocycles. The van der Waals surface area contributed by atoms with Gasteiger partial charge in [0.2, 0.25) is 0 Å². The molecular weight excluding hydrogens is 355 g/mol. The van der Waals surface area contributed by atoms with Gasteiger partial charge in [-0.15, -0.1) is 0 Å². The summed E-state index contributed by atoms with van der Waals surface area (Å²) in [5, 5.41) is 0. The van der Waals surface area contributed by atoms with E-state index in [2.05, 4.69) is 19.5 Å². The Balaban J connectivity index is 1.95. The molecule has 6 nitrogen and oxygen atoms in total. The van der Waals surface area contributed by atoms with Crippen LogP contribution >= 0.6 is 0 Å². The van der Waals surface area contributed by atoms with Gasteiger partial charge in [0.05, 0.1) is 23.4 Å². The highest BCUT2D eigenvalue weighted by atomic mass is 32.2. The Hall–Kier alpha value is -2.74. The van der Waals surface area contributed by atoms with Crippen molar-refractivity contribution in [3.05, 3.63) is 53.4 Å². The Morgan fingerprint density at radius 1 is 1.12 bits per heavy atom. The van der Waals surface area contributed by atoms with Gasteiger partial charge in [-0.2, -0.15) is 8.42 Å². The van der Waals surface area contributed by atoms with Crippen LogP contribution in [0.1, 0.15) is 31.7 Å². The molecule has 8 heteroatoms. The van der Waals surface area contributed by atoms with E-state index in [0.717, 1.165) is 36.9 Å². The SMILES string of the molecule is O=S(=O)=c1nc(-c2c(-c3ccc(F)cc3)ncn2C2CCCC2)cc[nH]1. The molecular formula is C18H17FN4O2S. The number of H-pyrrole nitrogens is 1. The summed E-state index contributed by atoms with van der Waals surface area (Å²) in [6.45, 7) is 0. The lowest BCUT2D eigenvalue weighted by atomic mass is 10.1. The van der Waals surface area contributed by atoms with E-state index in [1.54, 1.807) is 30.7 Å². The third-order valence-electron chi connectivity index (χ3n) is 4.70. The topological polar surface area (TPSA) is 80.6 Å². The third-order valence-corrected chi connectivity index (χ3v) is 5.22. The van der Waals surface area contributed by atoms with E-state index in [-0.39, 0.29) is 10.6 Å². The Kier molecular flexibility index (Phi) is 4.42. The maximum absolute atomic E-state index is 13.3. The molecule has 134 valence electrons. The maximum atomic E-state index is 13.3. The largest absolute Gasteiger partial charge is 0.334 e. The predicted octanol–water partition coefficient (Wildman–Crippen LogP) is 3.61. The summed E-state index contributed by atoms with van der Waals surface area (Å²) in [6, 6.07) is 8.14. The second-order valence-electron chi connectivity index (χ2n) is 6.31. The number of imidazole rings is 1. The van der Waals surface area contributed by atoms with Crippen molar-refractivity contribution in [2.24, 2.45) is 0 Å². The molecule has 1 N–H and O–H groups in total. The Labute approximate surface area is 150 Å². The first-order chi connectivity index (χ1) is 12.6. The predicted molar refractivity (Wildman–Crippen MR) is 94.9 cm³/mol. The number of benzene rings is 1. The van der Waals surface area contributed by atoms with E-state index < -0.39 is 10.3 Å². The van der Waals surface area contributed by atoms with Crippen molar-refractivity contribution in [2.75, 3.05) is 0 Å². The molecule has 0 saturated heterocycles. The second kappa shape index (κ2) is 6.87. The molecule has 4 rings (SSSR count).